The number of carboxylic acid groups (broad SMARTS) is 2. The molecule has 2 saturated heterocycles. The molecule has 4 rings (SSSR count). The fraction of sp³-hybridized carbons (Fsp3) is 0.483. The van der Waals surface area contributed by atoms with Crippen LogP contribution in [0.4, 0.5) is 5.69 Å². The second-order valence-corrected chi connectivity index (χ2v) is 9.55. The van der Waals surface area contributed by atoms with Crippen LogP contribution < -0.4 is 19.1 Å². The number of aliphatic carboxylic acids is 2. The van der Waals surface area contributed by atoms with E-state index in [2.05, 4.69) is 26.8 Å². The fourth-order valence-electron chi connectivity index (χ4n) is 4.98. The van der Waals surface area contributed by atoms with Crippen molar-refractivity contribution in [2.45, 2.75) is 26.3 Å². The number of likely N-dealkylation sites (tertiary alicyclic amines) is 1. The average Bonchev–Trinajstić information content (AvgIpc) is 2.98. The van der Waals surface area contributed by atoms with Crippen LogP contribution >= 0.6 is 0 Å². The van der Waals surface area contributed by atoms with E-state index < -0.39 is 11.9 Å². The van der Waals surface area contributed by atoms with Gasteiger partial charge in [-0.05, 0) is 51.1 Å². The Bertz CT molecular complexity index is 1130. The van der Waals surface area contributed by atoms with Crippen LogP contribution in [0.1, 0.15) is 25.3 Å². The number of anilines is 1. The van der Waals surface area contributed by atoms with Gasteiger partial charge in [0.1, 0.15) is 17.2 Å². The smallest absolute Gasteiger partial charge is 0.414 e. The van der Waals surface area contributed by atoms with Crippen LogP contribution in [-0.2, 0) is 20.9 Å². The summed E-state index contributed by atoms with van der Waals surface area (Å²) < 4.78 is 16.7. The maximum Gasteiger partial charge on any atom is 0.414 e. The number of piperidine rings is 1. The molecule has 11 nitrogen and oxygen atoms in total. The van der Waals surface area contributed by atoms with E-state index in [1.54, 1.807) is 14.2 Å². The van der Waals surface area contributed by atoms with Gasteiger partial charge in [-0.1, -0.05) is 18.2 Å². The molecule has 0 aromatic heterocycles. The normalized spacial score (nSPS) is 16.0. The van der Waals surface area contributed by atoms with Crippen LogP contribution in [0.2, 0.25) is 0 Å². The molecule has 0 radical (unpaired) electrons. The molecule has 218 valence electrons. The van der Waals surface area contributed by atoms with Gasteiger partial charge in [0.15, 0.2) is 0 Å². The minimum atomic E-state index is -1.82. The number of hydrogen-bond acceptors (Lipinski definition) is 8. The summed E-state index contributed by atoms with van der Waals surface area (Å²) >= 11 is 0. The fourth-order valence-corrected chi connectivity index (χ4v) is 4.98. The molecular weight excluding hydrogens is 518 g/mol. The van der Waals surface area contributed by atoms with Crippen LogP contribution in [0.25, 0.3) is 0 Å². The minimum Gasteiger partial charge on any atom is -0.497 e. The lowest BCUT2D eigenvalue weighted by Crippen LogP contribution is -2.51. The highest BCUT2D eigenvalue weighted by Gasteiger charge is 2.31. The number of benzene rings is 2. The third kappa shape index (κ3) is 8.25. The van der Waals surface area contributed by atoms with E-state index in [-0.39, 0.29) is 5.92 Å². The molecule has 0 bridgehead atoms. The van der Waals surface area contributed by atoms with Gasteiger partial charge in [-0.2, -0.15) is 0 Å². The van der Waals surface area contributed by atoms with Crippen molar-refractivity contribution in [3.8, 4) is 17.2 Å². The van der Waals surface area contributed by atoms with Gasteiger partial charge >= 0.3 is 11.9 Å². The van der Waals surface area contributed by atoms with Gasteiger partial charge in [-0.15, -0.1) is 0 Å². The van der Waals surface area contributed by atoms with E-state index in [0.717, 1.165) is 87.2 Å². The van der Waals surface area contributed by atoms with E-state index >= 15 is 0 Å². The van der Waals surface area contributed by atoms with Gasteiger partial charge in [-0.25, -0.2) is 9.59 Å². The van der Waals surface area contributed by atoms with Crippen molar-refractivity contribution in [1.29, 1.82) is 0 Å². The highest BCUT2D eigenvalue weighted by molar-refractivity contribution is 6.27. The van der Waals surface area contributed by atoms with Gasteiger partial charge < -0.3 is 34.2 Å². The lowest BCUT2D eigenvalue weighted by Gasteiger charge is -2.39. The molecule has 2 aromatic carbocycles. The van der Waals surface area contributed by atoms with Crippen molar-refractivity contribution < 1.29 is 38.8 Å². The zero-order valence-corrected chi connectivity index (χ0v) is 23.4. The summed E-state index contributed by atoms with van der Waals surface area (Å²) in [7, 11) is 3.36. The Balaban J connectivity index is 0.000000663. The van der Waals surface area contributed by atoms with Crippen molar-refractivity contribution in [1.82, 2.24) is 9.80 Å². The number of amides is 1. The number of para-hydroxylation sites is 2. The second-order valence-electron chi connectivity index (χ2n) is 9.55. The molecule has 2 N–H and O–H groups in total. The standard InChI is InChI=1S/C27H37N3O4.C2H2O4/c1-4-34-25-8-6-5-7-24(25)29-15-17-30(18-16-29)27(31)21-11-13-28(14-12-21)20-22-9-10-23(32-2)19-26(22)33-3;3-1(4)2(5)6/h5-10,19,21H,4,11-18,20H2,1-3H3;(H,3,4)(H,5,6). The Morgan fingerprint density at radius 1 is 0.850 bits per heavy atom. The van der Waals surface area contributed by atoms with Gasteiger partial charge in [0.2, 0.25) is 5.91 Å². The molecule has 0 aliphatic carbocycles. The molecule has 2 fully saturated rings. The van der Waals surface area contributed by atoms with Crippen LogP contribution in [0, 0.1) is 5.92 Å². The van der Waals surface area contributed by atoms with Gasteiger partial charge in [-0.3, -0.25) is 9.69 Å². The predicted octanol–water partition coefficient (Wildman–Crippen LogP) is 2.82. The topological polar surface area (TPSA) is 129 Å². The second kappa shape index (κ2) is 15.0. The number of ether oxygens (including phenoxy) is 3. The first-order valence-corrected chi connectivity index (χ1v) is 13.4. The monoisotopic (exact) mass is 557 g/mol. The molecule has 2 aromatic rings. The van der Waals surface area contributed by atoms with E-state index in [9.17, 15) is 4.79 Å². The first kappa shape index (κ1) is 30.6. The Morgan fingerprint density at radius 2 is 1.50 bits per heavy atom. The molecule has 0 atom stereocenters. The molecule has 2 heterocycles. The lowest BCUT2D eigenvalue weighted by atomic mass is 9.94. The van der Waals surface area contributed by atoms with E-state index in [4.69, 9.17) is 34.0 Å². The molecule has 40 heavy (non-hydrogen) atoms. The first-order valence-electron chi connectivity index (χ1n) is 13.4. The molecule has 11 heteroatoms. The summed E-state index contributed by atoms with van der Waals surface area (Å²) in [4.78, 5) is 38.2. The summed E-state index contributed by atoms with van der Waals surface area (Å²) in [6.07, 6.45) is 1.81. The number of carbonyl (C=O) groups excluding carboxylic acids is 1. The van der Waals surface area contributed by atoms with Gasteiger partial charge in [0.25, 0.3) is 0 Å². The number of piperazine rings is 1. The van der Waals surface area contributed by atoms with Crippen molar-refractivity contribution in [3.63, 3.8) is 0 Å². The summed E-state index contributed by atoms with van der Waals surface area (Å²) in [5, 5.41) is 14.8. The Labute approximate surface area is 234 Å². The number of carboxylic acids is 2. The van der Waals surface area contributed by atoms with Crippen molar-refractivity contribution in [2.75, 3.05) is 65.0 Å². The van der Waals surface area contributed by atoms with Crippen LogP contribution in [0.3, 0.4) is 0 Å². The summed E-state index contributed by atoms with van der Waals surface area (Å²) in [5.74, 6) is -0.640. The number of hydrogen-bond donors (Lipinski definition) is 2. The van der Waals surface area contributed by atoms with E-state index in [1.807, 2.05) is 37.3 Å². The largest absolute Gasteiger partial charge is 0.497 e. The minimum absolute atomic E-state index is 0.122. The first-order chi connectivity index (χ1) is 19.3. The Hall–Kier alpha value is -3.99. The maximum absolute atomic E-state index is 13.2. The van der Waals surface area contributed by atoms with Crippen LogP contribution in [-0.4, -0.2) is 98.0 Å². The average molecular weight is 558 g/mol. The van der Waals surface area contributed by atoms with Gasteiger partial charge in [0, 0.05) is 50.3 Å². The molecular formula is C29H39N3O8. The third-order valence-corrected chi connectivity index (χ3v) is 7.11. The summed E-state index contributed by atoms with van der Waals surface area (Å²) in [6, 6.07) is 14.1. The van der Waals surface area contributed by atoms with Crippen molar-refractivity contribution in [3.05, 3.63) is 48.0 Å². The molecule has 2 aliphatic rings. The number of rotatable bonds is 8. The third-order valence-electron chi connectivity index (χ3n) is 7.11. The van der Waals surface area contributed by atoms with E-state index in [0.29, 0.717) is 12.5 Å². The zero-order valence-electron chi connectivity index (χ0n) is 23.4. The maximum atomic E-state index is 13.2. The summed E-state index contributed by atoms with van der Waals surface area (Å²) in [6.45, 7) is 8.54. The Kier molecular flexibility index (Phi) is 11.4. The lowest BCUT2D eigenvalue weighted by molar-refractivity contribution is -0.159. The number of nitrogens with zero attached hydrogens (tertiary/aromatic N) is 3. The Morgan fingerprint density at radius 3 is 2.08 bits per heavy atom. The van der Waals surface area contributed by atoms with E-state index in [1.165, 1.54) is 0 Å². The number of methoxy groups -OCH3 is 2. The highest BCUT2D eigenvalue weighted by Crippen LogP contribution is 2.30. The molecule has 0 saturated carbocycles. The zero-order chi connectivity index (χ0) is 29.1. The molecule has 1 amide bonds. The SMILES string of the molecule is CCOc1ccccc1N1CCN(C(=O)C2CCN(Cc3ccc(OC)cc3OC)CC2)CC1.O=C(O)C(=O)O. The van der Waals surface area contributed by atoms with Crippen molar-refractivity contribution in [2.24, 2.45) is 5.92 Å². The molecule has 0 spiro atoms. The number of carbonyl (C=O) groups is 3. The van der Waals surface area contributed by atoms with Crippen molar-refractivity contribution >= 4 is 23.5 Å². The molecule has 0 unspecified atom stereocenters. The van der Waals surface area contributed by atoms with Crippen LogP contribution in [0.15, 0.2) is 42.5 Å². The van der Waals surface area contributed by atoms with Crippen LogP contribution in [0.5, 0.6) is 17.2 Å². The summed E-state index contributed by atoms with van der Waals surface area (Å²) in [5.41, 5.74) is 2.27. The van der Waals surface area contributed by atoms with Gasteiger partial charge in [0.05, 0.1) is 26.5 Å². The highest BCUT2D eigenvalue weighted by atomic mass is 16.5. The quantitative estimate of drug-likeness (QED) is 0.468. The molecule has 2 aliphatic heterocycles. The predicted molar refractivity (Wildman–Crippen MR) is 149 cm³/mol.